The Morgan fingerprint density at radius 2 is 2.03 bits per heavy atom. The van der Waals surface area contributed by atoms with Crippen LogP contribution in [0.3, 0.4) is 0 Å². The van der Waals surface area contributed by atoms with E-state index < -0.39 is 5.91 Å². The lowest BCUT2D eigenvalue weighted by molar-refractivity contribution is -0.114. The van der Waals surface area contributed by atoms with E-state index in [1.807, 2.05) is 16.7 Å². The molecule has 0 spiro atoms. The zero-order valence-electron chi connectivity index (χ0n) is 21.5. The first kappa shape index (κ1) is 25.6. The summed E-state index contributed by atoms with van der Waals surface area (Å²) in [6.07, 6.45) is 2.25. The number of amides is 2. The number of rotatable bonds is 8. The first-order chi connectivity index (χ1) is 18.5. The second kappa shape index (κ2) is 11.6. The Kier molecular flexibility index (Phi) is 7.80. The van der Waals surface area contributed by atoms with Gasteiger partial charge in [0.25, 0.3) is 5.91 Å². The fourth-order valence-electron chi connectivity index (χ4n) is 4.57. The number of pyridine rings is 1. The van der Waals surface area contributed by atoms with E-state index >= 15 is 0 Å². The van der Waals surface area contributed by atoms with Crippen molar-refractivity contribution in [2.75, 3.05) is 63.7 Å². The molecule has 0 atom stereocenters. The van der Waals surface area contributed by atoms with Crippen molar-refractivity contribution in [3.8, 4) is 11.5 Å². The summed E-state index contributed by atoms with van der Waals surface area (Å²) in [5.74, 6) is 1.53. The molecule has 0 saturated carbocycles. The van der Waals surface area contributed by atoms with E-state index in [9.17, 15) is 9.59 Å². The Morgan fingerprint density at radius 3 is 2.76 bits per heavy atom. The molecule has 1 aromatic carbocycles. The number of carbonyl (C=O) groups excluding carboxylic acids is 2. The van der Waals surface area contributed by atoms with Crippen LogP contribution in [0.2, 0.25) is 0 Å². The highest BCUT2D eigenvalue weighted by molar-refractivity contribution is 5.97. The highest BCUT2D eigenvalue weighted by atomic mass is 16.5. The van der Waals surface area contributed by atoms with E-state index in [0.717, 1.165) is 50.5 Å². The number of anilines is 2. The average molecular weight is 522 g/mol. The van der Waals surface area contributed by atoms with Crippen LogP contribution in [0.25, 0.3) is 10.9 Å². The Hall–Kier alpha value is -4.03. The molecule has 0 aliphatic carbocycles. The lowest BCUT2D eigenvalue weighted by atomic mass is 10.2. The van der Waals surface area contributed by atoms with Crippen LogP contribution in [0.1, 0.15) is 23.7 Å². The number of aromatic nitrogens is 3. The first-order valence-corrected chi connectivity index (χ1v) is 12.6. The van der Waals surface area contributed by atoms with Gasteiger partial charge in [-0.15, -0.1) is 0 Å². The van der Waals surface area contributed by atoms with Crippen molar-refractivity contribution in [1.82, 2.24) is 19.4 Å². The van der Waals surface area contributed by atoms with Crippen LogP contribution in [-0.2, 0) is 16.1 Å². The molecular formula is C26H31N7O5. The van der Waals surface area contributed by atoms with Crippen molar-refractivity contribution in [1.29, 1.82) is 0 Å². The Morgan fingerprint density at radius 1 is 1.18 bits per heavy atom. The molecule has 38 heavy (non-hydrogen) atoms. The molecule has 3 aromatic rings. The molecule has 2 aliphatic rings. The van der Waals surface area contributed by atoms with Gasteiger partial charge in [0.1, 0.15) is 17.2 Å². The molecule has 2 aromatic heterocycles. The van der Waals surface area contributed by atoms with Gasteiger partial charge in [-0.3, -0.25) is 19.1 Å². The van der Waals surface area contributed by atoms with Crippen LogP contribution in [0.4, 0.5) is 11.6 Å². The Labute approximate surface area is 219 Å². The van der Waals surface area contributed by atoms with Crippen molar-refractivity contribution < 1.29 is 23.8 Å². The molecule has 12 nitrogen and oxygen atoms in total. The van der Waals surface area contributed by atoms with Crippen LogP contribution >= 0.6 is 0 Å². The topological polar surface area (TPSA) is 132 Å². The summed E-state index contributed by atoms with van der Waals surface area (Å²) >= 11 is 0. The summed E-state index contributed by atoms with van der Waals surface area (Å²) < 4.78 is 19.1. The Bertz CT molecular complexity index is 1400. The number of hydrogen-bond donors (Lipinski definition) is 2. The number of carbonyl (C=O) groups is 2. The number of nitrogens with zero attached hydrogens (tertiary/aromatic N) is 5. The largest absolute Gasteiger partial charge is 0.491 e. The second-order valence-electron chi connectivity index (χ2n) is 9.02. The van der Waals surface area contributed by atoms with Crippen LogP contribution in [0.5, 0.6) is 11.5 Å². The molecule has 1 fully saturated rings. The summed E-state index contributed by atoms with van der Waals surface area (Å²) in [4.78, 5) is 39.7. The second-order valence-corrected chi connectivity index (χ2v) is 9.02. The molecule has 0 unspecified atom stereocenters. The van der Waals surface area contributed by atoms with Crippen molar-refractivity contribution in [2.24, 2.45) is 4.99 Å². The molecule has 200 valence electrons. The van der Waals surface area contributed by atoms with Gasteiger partial charge in [0.2, 0.25) is 11.5 Å². The summed E-state index contributed by atoms with van der Waals surface area (Å²) in [6, 6.07) is 6.96. The number of ether oxygens (including phenoxy) is 3. The van der Waals surface area contributed by atoms with E-state index in [4.69, 9.17) is 19.2 Å². The normalized spacial score (nSPS) is 15.7. The van der Waals surface area contributed by atoms with Crippen LogP contribution < -0.4 is 25.7 Å². The maximum atomic E-state index is 13.0. The monoisotopic (exact) mass is 521 g/mol. The summed E-state index contributed by atoms with van der Waals surface area (Å²) in [7, 11) is 1.58. The van der Waals surface area contributed by atoms with Crippen LogP contribution in [0.15, 0.2) is 35.5 Å². The van der Waals surface area contributed by atoms with Gasteiger partial charge in [-0.1, -0.05) is 0 Å². The summed E-state index contributed by atoms with van der Waals surface area (Å²) in [5.41, 5.74) is 1.10. The molecule has 2 N–H and O–H groups in total. The smallest absolute Gasteiger partial charge is 0.281 e. The molecular weight excluding hydrogens is 490 g/mol. The predicted octanol–water partition coefficient (Wildman–Crippen LogP) is 1.67. The lowest BCUT2D eigenvalue weighted by Crippen LogP contribution is -2.37. The maximum Gasteiger partial charge on any atom is 0.281 e. The van der Waals surface area contributed by atoms with Gasteiger partial charge >= 0.3 is 0 Å². The minimum atomic E-state index is -0.491. The molecule has 2 amide bonds. The quantitative estimate of drug-likeness (QED) is 0.425. The Balaban J connectivity index is 1.41. The minimum absolute atomic E-state index is 0.240. The van der Waals surface area contributed by atoms with Gasteiger partial charge in [-0.25, -0.2) is 9.97 Å². The van der Waals surface area contributed by atoms with Gasteiger partial charge in [0.05, 0.1) is 32.5 Å². The third-order valence-electron chi connectivity index (χ3n) is 6.40. The highest BCUT2D eigenvalue weighted by Gasteiger charge is 2.21. The molecule has 12 heteroatoms. The van der Waals surface area contributed by atoms with E-state index in [0.29, 0.717) is 42.5 Å². The minimum Gasteiger partial charge on any atom is -0.491 e. The zero-order chi connectivity index (χ0) is 26.5. The van der Waals surface area contributed by atoms with E-state index in [-0.39, 0.29) is 17.1 Å². The molecule has 0 radical (unpaired) electrons. The van der Waals surface area contributed by atoms with Gasteiger partial charge in [0, 0.05) is 51.2 Å². The fraction of sp³-hybridized carbons (Fsp3) is 0.423. The van der Waals surface area contributed by atoms with Gasteiger partial charge in [-0.2, -0.15) is 4.99 Å². The average Bonchev–Trinajstić information content (AvgIpc) is 3.42. The van der Waals surface area contributed by atoms with Crippen molar-refractivity contribution in [2.45, 2.75) is 19.9 Å². The molecule has 0 bridgehead atoms. The van der Waals surface area contributed by atoms with Crippen LogP contribution in [0, 0.1) is 0 Å². The third-order valence-corrected chi connectivity index (χ3v) is 6.40. The van der Waals surface area contributed by atoms with Gasteiger partial charge in [-0.05, 0) is 30.7 Å². The number of morpholine rings is 1. The van der Waals surface area contributed by atoms with Crippen molar-refractivity contribution >= 4 is 34.4 Å². The number of hydrogen-bond acceptors (Lipinski definition) is 9. The lowest BCUT2D eigenvalue weighted by Gasteiger charge is -2.26. The SMILES string of the molecule is COc1c(OCCCN2CCOCC2)ccc2c3n(c(=NC(=O)c4ccc(NC(C)=O)nc4)nc12)CCN3. The number of nitrogens with one attached hydrogen (secondary N) is 2. The molecule has 4 heterocycles. The van der Waals surface area contributed by atoms with Gasteiger partial charge in [0.15, 0.2) is 11.5 Å². The fourth-order valence-corrected chi connectivity index (χ4v) is 4.57. The van der Waals surface area contributed by atoms with Crippen molar-refractivity contribution in [3.05, 3.63) is 41.6 Å². The van der Waals surface area contributed by atoms with Gasteiger partial charge < -0.3 is 24.8 Å². The number of benzene rings is 1. The van der Waals surface area contributed by atoms with Crippen LogP contribution in [-0.4, -0.2) is 84.4 Å². The predicted molar refractivity (Wildman–Crippen MR) is 141 cm³/mol. The third kappa shape index (κ3) is 5.60. The first-order valence-electron chi connectivity index (χ1n) is 12.6. The van der Waals surface area contributed by atoms with Crippen molar-refractivity contribution in [3.63, 3.8) is 0 Å². The number of methoxy groups -OCH3 is 1. The maximum absolute atomic E-state index is 13.0. The highest BCUT2D eigenvalue weighted by Crippen LogP contribution is 2.37. The van der Waals surface area contributed by atoms with E-state index in [1.54, 1.807) is 19.2 Å². The molecule has 5 rings (SSSR count). The van der Waals surface area contributed by atoms with E-state index in [2.05, 4.69) is 25.5 Å². The molecule has 1 saturated heterocycles. The summed E-state index contributed by atoms with van der Waals surface area (Å²) in [5, 5.41) is 6.80. The standard InChI is InChI=1S/C26H31N7O5/c1-17(34)29-21-7-4-18(16-28-21)25(35)31-26-30-22-19(24-27-8-10-33(24)26)5-6-20(23(22)36-2)38-13-3-9-32-11-14-37-15-12-32/h4-7,16,27H,3,8-15H2,1-2H3,(H,28,29,34). The summed E-state index contributed by atoms with van der Waals surface area (Å²) in [6.45, 7) is 7.61. The van der Waals surface area contributed by atoms with E-state index in [1.165, 1.54) is 13.1 Å². The molecule has 2 aliphatic heterocycles. The number of fused-ring (bicyclic) bond motifs is 3. The zero-order valence-corrected chi connectivity index (χ0v) is 21.5.